The smallest absolute Gasteiger partial charge is 0.162 e. The van der Waals surface area contributed by atoms with E-state index < -0.39 is 5.82 Å². The molecule has 3 heterocycles. The lowest BCUT2D eigenvalue weighted by atomic mass is 10.0. The minimum Gasteiger partial charge on any atom is -0.382 e. The molecule has 1 aliphatic carbocycles. The van der Waals surface area contributed by atoms with Crippen LogP contribution in [0.5, 0.6) is 0 Å². The highest BCUT2D eigenvalue weighted by Gasteiger charge is 2.23. The van der Waals surface area contributed by atoms with Crippen LogP contribution in [-0.2, 0) is 0 Å². The van der Waals surface area contributed by atoms with Crippen molar-refractivity contribution in [1.82, 2.24) is 24.6 Å². The van der Waals surface area contributed by atoms with Gasteiger partial charge in [0.25, 0.3) is 0 Å². The molecule has 0 bridgehead atoms. The number of nitrogens with zero attached hydrogens (tertiary/aromatic N) is 5. The summed E-state index contributed by atoms with van der Waals surface area (Å²) in [6.07, 6.45) is 7.11. The van der Waals surface area contributed by atoms with Crippen LogP contribution < -0.4 is 5.73 Å². The first-order chi connectivity index (χ1) is 15.2. The molecule has 148 valence electrons. The molecule has 0 unspecified atom stereocenters. The zero-order valence-electron chi connectivity index (χ0n) is 16.2. The number of allylic oxidation sites excluding steroid dienone is 4. The van der Waals surface area contributed by atoms with Crippen LogP contribution in [0.15, 0.2) is 79.2 Å². The van der Waals surface area contributed by atoms with E-state index in [1.807, 2.05) is 66.8 Å². The molecule has 2 aromatic carbocycles. The van der Waals surface area contributed by atoms with Crippen molar-refractivity contribution in [2.75, 3.05) is 5.73 Å². The molecule has 3 aromatic heterocycles. The number of hydrogen-bond acceptors (Lipinski definition) is 5. The first-order valence-corrected chi connectivity index (χ1v) is 9.74. The number of anilines is 1. The predicted molar refractivity (Wildman–Crippen MR) is 118 cm³/mol. The summed E-state index contributed by atoms with van der Waals surface area (Å²) in [4.78, 5) is 13.4. The second-order valence-corrected chi connectivity index (χ2v) is 7.23. The lowest BCUT2D eigenvalue weighted by molar-refractivity contribution is 0.640. The van der Waals surface area contributed by atoms with Gasteiger partial charge in [0.05, 0.1) is 5.69 Å². The number of benzene rings is 2. The maximum absolute atomic E-state index is 15.8. The largest absolute Gasteiger partial charge is 0.382 e. The number of aromatic nitrogens is 5. The fourth-order valence-electron chi connectivity index (χ4n) is 3.78. The third-order valence-electron chi connectivity index (χ3n) is 5.40. The molecule has 7 heteroatoms. The molecule has 6 nitrogen and oxygen atoms in total. The van der Waals surface area contributed by atoms with Crippen LogP contribution in [-0.4, -0.2) is 24.6 Å². The fraction of sp³-hybridized carbons (Fsp3) is 0. The van der Waals surface area contributed by atoms with Crippen LogP contribution in [0.1, 0.15) is 5.82 Å². The Kier molecular flexibility index (Phi) is 3.70. The minimum atomic E-state index is -0.455. The van der Waals surface area contributed by atoms with Gasteiger partial charge >= 0.3 is 0 Å². The zero-order valence-corrected chi connectivity index (χ0v) is 16.2. The van der Waals surface area contributed by atoms with Gasteiger partial charge in [-0.3, -0.25) is 0 Å². The first-order valence-electron chi connectivity index (χ1n) is 9.74. The Bertz CT molecular complexity index is 1550. The Morgan fingerprint density at radius 3 is 2.52 bits per heavy atom. The molecule has 0 fully saturated rings. The van der Waals surface area contributed by atoms with E-state index in [4.69, 9.17) is 5.73 Å². The molecule has 0 spiro atoms. The third-order valence-corrected chi connectivity index (χ3v) is 5.40. The molecule has 0 radical (unpaired) electrons. The third kappa shape index (κ3) is 2.63. The summed E-state index contributed by atoms with van der Waals surface area (Å²) in [6.45, 7) is 0. The molecule has 1 aliphatic rings. The van der Waals surface area contributed by atoms with Gasteiger partial charge in [-0.1, -0.05) is 60.7 Å². The first kappa shape index (κ1) is 17.5. The summed E-state index contributed by atoms with van der Waals surface area (Å²) in [5, 5.41) is 4.99. The van der Waals surface area contributed by atoms with E-state index in [1.54, 1.807) is 10.6 Å². The van der Waals surface area contributed by atoms with E-state index in [9.17, 15) is 0 Å². The molecule has 2 N–H and O–H groups in total. The number of fused-ring (bicyclic) bond motifs is 2. The van der Waals surface area contributed by atoms with Gasteiger partial charge in [0.2, 0.25) is 0 Å². The lowest BCUT2D eigenvalue weighted by Crippen LogP contribution is -2.03. The maximum atomic E-state index is 15.8. The summed E-state index contributed by atoms with van der Waals surface area (Å²) in [5.41, 5.74) is 10.1. The Morgan fingerprint density at radius 2 is 1.74 bits per heavy atom. The van der Waals surface area contributed by atoms with Crippen LogP contribution in [0, 0.1) is 5.82 Å². The Hall–Kier alpha value is -4.39. The maximum Gasteiger partial charge on any atom is 0.162 e. The van der Waals surface area contributed by atoms with Crippen molar-refractivity contribution in [3.63, 3.8) is 0 Å². The van der Waals surface area contributed by atoms with Crippen LogP contribution in [0.4, 0.5) is 10.2 Å². The average Bonchev–Trinajstić information content (AvgIpc) is 3.13. The van der Waals surface area contributed by atoms with Gasteiger partial charge in [-0.25, -0.2) is 23.9 Å². The Morgan fingerprint density at radius 1 is 0.935 bits per heavy atom. The van der Waals surface area contributed by atoms with E-state index in [0.29, 0.717) is 33.7 Å². The van der Waals surface area contributed by atoms with Crippen LogP contribution >= 0.6 is 0 Å². The topological polar surface area (TPSA) is 82.0 Å². The van der Waals surface area contributed by atoms with Crippen LogP contribution in [0.3, 0.4) is 0 Å². The molecule has 0 saturated heterocycles. The van der Waals surface area contributed by atoms with Gasteiger partial charge in [0.1, 0.15) is 23.1 Å². The van der Waals surface area contributed by atoms with E-state index in [1.165, 1.54) is 6.33 Å². The number of imidazole rings is 1. The standard InChI is InChI=1S/C24H15FN6/c25-19-17(11-9-15-10-12-18(29-20(15)19)14-5-2-1-3-6-14)21-22-23(26)27-13-28-31(22)24(30-21)16-7-4-8-16/h1-13H,(H2,26,27,28). The van der Waals surface area contributed by atoms with Crippen molar-refractivity contribution < 1.29 is 4.39 Å². The van der Waals surface area contributed by atoms with Crippen molar-refractivity contribution in [2.45, 2.75) is 0 Å². The SMILES string of the molecule is Nc1ncnn2c(C3=CC=C3)nc(-c3ccc4ccc(-c5ccccc5)nc4c3F)c12. The molecular weight excluding hydrogens is 391 g/mol. The Labute approximate surface area is 176 Å². The van der Waals surface area contributed by atoms with Crippen molar-refractivity contribution in [1.29, 1.82) is 0 Å². The van der Waals surface area contributed by atoms with Crippen molar-refractivity contribution >= 4 is 27.8 Å². The minimum absolute atomic E-state index is 0.234. The summed E-state index contributed by atoms with van der Waals surface area (Å²) in [6, 6.07) is 17.0. The predicted octanol–water partition coefficient (Wildman–Crippen LogP) is 4.68. The second-order valence-electron chi connectivity index (χ2n) is 7.23. The highest BCUT2D eigenvalue weighted by molar-refractivity contribution is 5.93. The number of halogens is 1. The Balaban J connectivity index is 1.60. The van der Waals surface area contributed by atoms with Crippen LogP contribution in [0.25, 0.3) is 44.5 Å². The van der Waals surface area contributed by atoms with E-state index in [-0.39, 0.29) is 11.3 Å². The number of rotatable bonds is 3. The molecular formula is C24H15FN6. The highest BCUT2D eigenvalue weighted by atomic mass is 19.1. The molecule has 5 aromatic rings. The van der Waals surface area contributed by atoms with E-state index >= 15 is 4.39 Å². The summed E-state index contributed by atoms with van der Waals surface area (Å²) in [5.74, 6) is 0.369. The quantitative estimate of drug-likeness (QED) is 0.470. The van der Waals surface area contributed by atoms with Crippen molar-refractivity contribution in [3.05, 3.63) is 90.8 Å². The second kappa shape index (κ2) is 6.56. The number of nitrogen functional groups attached to an aromatic ring is 1. The van der Waals surface area contributed by atoms with Gasteiger partial charge in [-0.15, -0.1) is 0 Å². The molecule has 0 amide bonds. The van der Waals surface area contributed by atoms with Crippen LogP contribution in [0.2, 0.25) is 0 Å². The normalized spacial score (nSPS) is 12.9. The average molecular weight is 406 g/mol. The van der Waals surface area contributed by atoms with Crippen molar-refractivity contribution in [3.8, 4) is 22.5 Å². The summed E-state index contributed by atoms with van der Waals surface area (Å²) < 4.78 is 17.4. The fourth-order valence-corrected chi connectivity index (χ4v) is 3.78. The van der Waals surface area contributed by atoms with Gasteiger partial charge < -0.3 is 5.73 Å². The zero-order chi connectivity index (χ0) is 20.9. The number of hydrogen-bond donors (Lipinski definition) is 1. The summed E-state index contributed by atoms with van der Waals surface area (Å²) in [7, 11) is 0. The van der Waals surface area contributed by atoms with Gasteiger partial charge in [-0.05, 0) is 12.1 Å². The molecule has 31 heavy (non-hydrogen) atoms. The number of nitrogens with two attached hydrogens (primary N) is 1. The molecule has 0 aliphatic heterocycles. The van der Waals surface area contributed by atoms with Gasteiger partial charge in [0, 0.05) is 22.1 Å². The van der Waals surface area contributed by atoms with Gasteiger partial charge in [-0.2, -0.15) is 5.10 Å². The monoisotopic (exact) mass is 406 g/mol. The highest BCUT2D eigenvalue weighted by Crippen LogP contribution is 2.35. The molecule has 0 atom stereocenters. The van der Waals surface area contributed by atoms with E-state index in [0.717, 1.165) is 11.1 Å². The van der Waals surface area contributed by atoms with Crippen molar-refractivity contribution in [2.24, 2.45) is 0 Å². The lowest BCUT2D eigenvalue weighted by Gasteiger charge is -2.07. The molecule has 6 rings (SSSR count). The summed E-state index contributed by atoms with van der Waals surface area (Å²) >= 11 is 0. The molecule has 0 saturated carbocycles. The number of pyridine rings is 1. The van der Waals surface area contributed by atoms with E-state index in [2.05, 4.69) is 20.1 Å². The van der Waals surface area contributed by atoms with Gasteiger partial charge in [0.15, 0.2) is 17.5 Å².